The molecule has 0 unspecified atom stereocenters. The number of hydrogen-bond donors (Lipinski definition) is 0. The van der Waals surface area contributed by atoms with E-state index in [1.54, 1.807) is 17.8 Å². The van der Waals surface area contributed by atoms with Crippen LogP contribution in [0.15, 0.2) is 53.6 Å². The molecule has 0 amide bonds. The number of benzene rings is 1. The van der Waals surface area contributed by atoms with Gasteiger partial charge in [0.1, 0.15) is 5.03 Å². The Balaban J connectivity index is 2.00. The number of pyridine rings is 1. The predicted molar refractivity (Wildman–Crippen MR) is 126 cm³/mol. The van der Waals surface area contributed by atoms with E-state index in [4.69, 9.17) is 4.98 Å². The van der Waals surface area contributed by atoms with Crippen LogP contribution >= 0.6 is 11.8 Å². The first-order valence-electron chi connectivity index (χ1n) is 10.5. The first-order chi connectivity index (χ1) is 14.0. The average molecular weight is 411 g/mol. The van der Waals surface area contributed by atoms with Crippen molar-refractivity contribution in [3.05, 3.63) is 65.4 Å². The second kappa shape index (κ2) is 12.6. The van der Waals surface area contributed by atoms with Crippen LogP contribution in [-0.2, 0) is 0 Å². The first kappa shape index (κ1) is 23.4. The van der Waals surface area contributed by atoms with Crippen LogP contribution in [-0.4, -0.2) is 42.1 Å². The molecular weight excluding hydrogens is 376 g/mol. The Labute approximate surface area is 180 Å². The lowest BCUT2D eigenvalue weighted by Crippen LogP contribution is -2.12. The number of ketones is 1. The summed E-state index contributed by atoms with van der Waals surface area (Å²) in [7, 11) is 4.24. The molecule has 0 spiro atoms. The number of nitrogens with zero attached hydrogens (tertiary/aromatic N) is 2. The topological polar surface area (TPSA) is 33.2 Å². The van der Waals surface area contributed by atoms with Crippen molar-refractivity contribution >= 4 is 23.6 Å². The van der Waals surface area contributed by atoms with Gasteiger partial charge in [0.05, 0.1) is 5.56 Å². The molecule has 0 aliphatic heterocycles. The molecule has 0 atom stereocenters. The lowest BCUT2D eigenvalue weighted by atomic mass is 10.1. The molecule has 0 N–H and O–H groups in total. The Hall–Kier alpha value is -1.91. The maximum absolute atomic E-state index is 12.8. The van der Waals surface area contributed by atoms with Crippen molar-refractivity contribution in [2.75, 3.05) is 26.4 Å². The lowest BCUT2D eigenvalue weighted by molar-refractivity contribution is 0.104. The Morgan fingerprint density at radius 1 is 1.03 bits per heavy atom. The molecule has 156 valence electrons. The SMILES string of the molecule is CC(C)c1ccc(C(=O)C=Cc2ccccc2)c(SCCCCCCN(C)C)n1. The van der Waals surface area contributed by atoms with Crippen LogP contribution in [0.25, 0.3) is 6.08 Å². The summed E-state index contributed by atoms with van der Waals surface area (Å²) in [6, 6.07) is 13.8. The van der Waals surface area contributed by atoms with Crippen LogP contribution in [0.3, 0.4) is 0 Å². The Kier molecular flexibility index (Phi) is 10.2. The highest BCUT2D eigenvalue weighted by atomic mass is 32.2. The van der Waals surface area contributed by atoms with Crippen molar-refractivity contribution in [3.63, 3.8) is 0 Å². The largest absolute Gasteiger partial charge is 0.309 e. The summed E-state index contributed by atoms with van der Waals surface area (Å²) in [4.78, 5) is 19.9. The molecule has 29 heavy (non-hydrogen) atoms. The highest BCUT2D eigenvalue weighted by Gasteiger charge is 2.13. The van der Waals surface area contributed by atoms with E-state index in [2.05, 4.69) is 32.8 Å². The smallest absolute Gasteiger partial charge is 0.188 e. The molecule has 0 bridgehead atoms. The quantitative estimate of drug-likeness (QED) is 0.177. The zero-order valence-electron chi connectivity index (χ0n) is 18.2. The summed E-state index contributed by atoms with van der Waals surface area (Å²) < 4.78 is 0. The van der Waals surface area contributed by atoms with Gasteiger partial charge in [0.2, 0.25) is 0 Å². The van der Waals surface area contributed by atoms with Crippen LogP contribution < -0.4 is 0 Å². The fourth-order valence-electron chi connectivity index (χ4n) is 2.95. The van der Waals surface area contributed by atoms with Crippen molar-refractivity contribution in [3.8, 4) is 0 Å². The third-order valence-electron chi connectivity index (χ3n) is 4.70. The molecule has 0 aliphatic rings. The zero-order valence-corrected chi connectivity index (χ0v) is 19.0. The van der Waals surface area contributed by atoms with Crippen molar-refractivity contribution in [1.29, 1.82) is 0 Å². The highest BCUT2D eigenvalue weighted by molar-refractivity contribution is 7.99. The number of thioether (sulfide) groups is 1. The minimum atomic E-state index is 0.0187. The molecule has 0 saturated heterocycles. The fraction of sp³-hybridized carbons (Fsp3) is 0.440. The maximum atomic E-state index is 12.8. The van der Waals surface area contributed by atoms with E-state index in [1.807, 2.05) is 48.5 Å². The third kappa shape index (κ3) is 8.55. The lowest BCUT2D eigenvalue weighted by Gasteiger charge is -2.11. The summed E-state index contributed by atoms with van der Waals surface area (Å²) in [6.45, 7) is 5.42. The monoisotopic (exact) mass is 410 g/mol. The second-order valence-electron chi connectivity index (χ2n) is 7.92. The number of hydrogen-bond acceptors (Lipinski definition) is 4. The second-order valence-corrected chi connectivity index (χ2v) is 9.00. The molecule has 2 rings (SSSR count). The Morgan fingerprint density at radius 3 is 2.45 bits per heavy atom. The zero-order chi connectivity index (χ0) is 21.1. The van der Waals surface area contributed by atoms with Gasteiger partial charge in [-0.15, -0.1) is 11.8 Å². The van der Waals surface area contributed by atoms with Crippen LogP contribution in [0.2, 0.25) is 0 Å². The number of carbonyl (C=O) groups excluding carboxylic acids is 1. The summed E-state index contributed by atoms with van der Waals surface area (Å²) in [5.41, 5.74) is 2.78. The van der Waals surface area contributed by atoms with Crippen LogP contribution in [0.4, 0.5) is 0 Å². The van der Waals surface area contributed by atoms with Gasteiger partial charge in [0.15, 0.2) is 5.78 Å². The predicted octanol–water partition coefficient (Wildman–Crippen LogP) is 6.32. The maximum Gasteiger partial charge on any atom is 0.188 e. The number of aromatic nitrogens is 1. The van der Waals surface area contributed by atoms with Gasteiger partial charge in [0, 0.05) is 5.69 Å². The van der Waals surface area contributed by atoms with E-state index >= 15 is 0 Å². The summed E-state index contributed by atoms with van der Waals surface area (Å²) in [6.07, 6.45) is 8.40. The molecule has 1 aromatic heterocycles. The van der Waals surface area contributed by atoms with Crippen molar-refractivity contribution in [2.45, 2.75) is 50.5 Å². The standard InChI is InChI=1S/C25H34N2OS/c1-20(2)23-16-15-22(24(28)17-14-21-12-8-7-9-13-21)25(26-23)29-19-11-6-5-10-18-27(3)4/h7-9,12-17,20H,5-6,10-11,18-19H2,1-4H3. The molecule has 0 fully saturated rings. The molecular formula is C25H34N2OS. The molecule has 0 aliphatic carbocycles. The molecule has 0 saturated carbocycles. The van der Waals surface area contributed by atoms with Crippen molar-refractivity contribution in [1.82, 2.24) is 9.88 Å². The van der Waals surface area contributed by atoms with Gasteiger partial charge in [-0.05, 0) is 68.9 Å². The molecule has 3 nitrogen and oxygen atoms in total. The van der Waals surface area contributed by atoms with Gasteiger partial charge in [-0.1, -0.05) is 63.1 Å². The summed E-state index contributed by atoms with van der Waals surface area (Å²) in [5, 5.41) is 0.868. The molecule has 0 radical (unpaired) electrons. The number of unbranched alkanes of at least 4 members (excludes halogenated alkanes) is 3. The summed E-state index contributed by atoms with van der Waals surface area (Å²) in [5.74, 6) is 1.37. The normalized spacial score (nSPS) is 11.7. The van der Waals surface area contributed by atoms with Crippen LogP contribution in [0.5, 0.6) is 0 Å². The fourth-order valence-corrected chi connectivity index (χ4v) is 3.99. The minimum absolute atomic E-state index is 0.0187. The van der Waals surface area contributed by atoms with Gasteiger partial charge in [-0.3, -0.25) is 4.79 Å². The van der Waals surface area contributed by atoms with Gasteiger partial charge in [-0.2, -0.15) is 0 Å². The van der Waals surface area contributed by atoms with E-state index in [-0.39, 0.29) is 5.78 Å². The van der Waals surface area contributed by atoms with E-state index in [0.29, 0.717) is 11.5 Å². The van der Waals surface area contributed by atoms with E-state index in [1.165, 1.54) is 19.3 Å². The van der Waals surface area contributed by atoms with Gasteiger partial charge in [0.25, 0.3) is 0 Å². The van der Waals surface area contributed by atoms with E-state index in [9.17, 15) is 4.79 Å². The molecule has 1 aromatic carbocycles. The van der Waals surface area contributed by atoms with Gasteiger partial charge >= 0.3 is 0 Å². The molecule has 2 aromatic rings. The number of rotatable bonds is 12. The summed E-state index contributed by atoms with van der Waals surface area (Å²) >= 11 is 1.72. The van der Waals surface area contributed by atoms with Crippen LogP contribution in [0, 0.1) is 0 Å². The van der Waals surface area contributed by atoms with Crippen molar-refractivity contribution < 1.29 is 4.79 Å². The van der Waals surface area contributed by atoms with Crippen LogP contribution in [0.1, 0.15) is 67.1 Å². The number of allylic oxidation sites excluding steroid dienone is 1. The molecule has 1 heterocycles. The minimum Gasteiger partial charge on any atom is -0.309 e. The van der Waals surface area contributed by atoms with E-state index in [0.717, 1.165) is 35.0 Å². The highest BCUT2D eigenvalue weighted by Crippen LogP contribution is 2.26. The van der Waals surface area contributed by atoms with Crippen molar-refractivity contribution in [2.24, 2.45) is 0 Å². The Bertz CT molecular complexity index is 785. The molecule has 4 heteroatoms. The first-order valence-corrected chi connectivity index (χ1v) is 11.5. The van der Waals surface area contributed by atoms with E-state index < -0.39 is 0 Å². The number of carbonyl (C=O) groups is 1. The average Bonchev–Trinajstić information content (AvgIpc) is 2.71. The third-order valence-corrected chi connectivity index (χ3v) is 5.78. The van der Waals surface area contributed by atoms with Gasteiger partial charge in [-0.25, -0.2) is 4.98 Å². The Morgan fingerprint density at radius 2 is 1.76 bits per heavy atom. The van der Waals surface area contributed by atoms with Gasteiger partial charge < -0.3 is 4.90 Å².